The lowest BCUT2D eigenvalue weighted by Gasteiger charge is -2.23. The fourth-order valence-electron chi connectivity index (χ4n) is 3.39. The summed E-state index contributed by atoms with van der Waals surface area (Å²) in [5.74, 6) is 0. The molecule has 3 heterocycles. The first kappa shape index (κ1) is 14.7. The zero-order valence-electron chi connectivity index (χ0n) is 13.4. The maximum atomic E-state index is 4.11. The first-order valence-electron chi connectivity index (χ1n) is 8.17. The maximum absolute atomic E-state index is 4.11. The minimum absolute atomic E-state index is 0.599. The second-order valence-electron chi connectivity index (χ2n) is 6.21. The minimum atomic E-state index is 0.599. The first-order valence-corrected chi connectivity index (χ1v) is 8.99. The van der Waals surface area contributed by atoms with E-state index in [9.17, 15) is 0 Å². The van der Waals surface area contributed by atoms with Gasteiger partial charge in [-0.3, -0.25) is 4.90 Å². The van der Waals surface area contributed by atoms with Gasteiger partial charge in [-0.05, 0) is 56.1 Å². The summed E-state index contributed by atoms with van der Waals surface area (Å²) in [5, 5.41) is 0. The van der Waals surface area contributed by atoms with Gasteiger partial charge >= 0.3 is 0 Å². The van der Waals surface area contributed by atoms with Crippen LogP contribution in [0.1, 0.15) is 34.2 Å². The van der Waals surface area contributed by atoms with Gasteiger partial charge in [-0.25, -0.2) is 4.98 Å². The highest BCUT2D eigenvalue weighted by Crippen LogP contribution is 2.36. The van der Waals surface area contributed by atoms with Crippen LogP contribution in [0.3, 0.4) is 0 Å². The Morgan fingerprint density at radius 1 is 1.17 bits per heavy atom. The molecule has 0 saturated carbocycles. The lowest BCUT2D eigenvalue weighted by atomic mass is 10.1. The molecule has 2 aromatic heterocycles. The molecule has 118 valence electrons. The third kappa shape index (κ3) is 3.09. The van der Waals surface area contributed by atoms with E-state index in [1.54, 1.807) is 0 Å². The third-order valence-electron chi connectivity index (χ3n) is 4.58. The zero-order valence-corrected chi connectivity index (χ0v) is 14.2. The molecular weight excluding hydrogens is 302 g/mol. The van der Waals surface area contributed by atoms with Gasteiger partial charge in [0, 0.05) is 40.4 Å². The van der Waals surface area contributed by atoms with E-state index in [4.69, 9.17) is 0 Å². The van der Waals surface area contributed by atoms with Gasteiger partial charge in [0.2, 0.25) is 0 Å². The molecule has 1 atom stereocenters. The van der Waals surface area contributed by atoms with Crippen molar-refractivity contribution in [1.29, 1.82) is 0 Å². The SMILES string of the molecule is Cc1ccc(C2CCCN2Cc2ccc(-n3ccnc3)cc2)s1. The lowest BCUT2D eigenvalue weighted by Crippen LogP contribution is -2.22. The van der Waals surface area contributed by atoms with Gasteiger partial charge in [0.15, 0.2) is 0 Å². The number of aryl methyl sites for hydroxylation is 1. The van der Waals surface area contributed by atoms with Crippen molar-refractivity contribution in [1.82, 2.24) is 14.5 Å². The number of benzene rings is 1. The molecule has 1 aliphatic rings. The largest absolute Gasteiger partial charge is 0.306 e. The van der Waals surface area contributed by atoms with Gasteiger partial charge < -0.3 is 4.57 Å². The molecule has 1 saturated heterocycles. The Labute approximate surface area is 141 Å². The smallest absolute Gasteiger partial charge is 0.0991 e. The van der Waals surface area contributed by atoms with Gasteiger partial charge in [0.05, 0.1) is 6.33 Å². The van der Waals surface area contributed by atoms with Crippen molar-refractivity contribution in [3.8, 4) is 5.69 Å². The average Bonchev–Trinajstić information content (AvgIpc) is 3.29. The normalized spacial score (nSPS) is 18.6. The van der Waals surface area contributed by atoms with Crippen LogP contribution in [0, 0.1) is 6.92 Å². The fraction of sp³-hybridized carbons (Fsp3) is 0.316. The molecule has 4 heteroatoms. The number of aromatic nitrogens is 2. The van der Waals surface area contributed by atoms with E-state index in [1.807, 2.05) is 34.6 Å². The topological polar surface area (TPSA) is 21.1 Å². The van der Waals surface area contributed by atoms with Crippen LogP contribution in [-0.2, 0) is 6.54 Å². The zero-order chi connectivity index (χ0) is 15.6. The van der Waals surface area contributed by atoms with E-state index in [-0.39, 0.29) is 0 Å². The number of imidazole rings is 1. The molecule has 0 aliphatic carbocycles. The van der Waals surface area contributed by atoms with Crippen LogP contribution < -0.4 is 0 Å². The third-order valence-corrected chi connectivity index (χ3v) is 5.68. The van der Waals surface area contributed by atoms with Gasteiger partial charge in [0.1, 0.15) is 0 Å². The summed E-state index contributed by atoms with van der Waals surface area (Å²) in [7, 11) is 0. The summed E-state index contributed by atoms with van der Waals surface area (Å²) in [5.41, 5.74) is 2.55. The van der Waals surface area contributed by atoms with Crippen LogP contribution >= 0.6 is 11.3 Å². The van der Waals surface area contributed by atoms with E-state index < -0.39 is 0 Å². The average molecular weight is 323 g/mol. The van der Waals surface area contributed by atoms with Crippen LogP contribution in [0.25, 0.3) is 5.69 Å². The van der Waals surface area contributed by atoms with Crippen LogP contribution in [-0.4, -0.2) is 21.0 Å². The molecule has 0 radical (unpaired) electrons. The second kappa shape index (κ2) is 6.30. The molecule has 3 aromatic rings. The van der Waals surface area contributed by atoms with Crippen molar-refractivity contribution >= 4 is 11.3 Å². The standard InChI is InChI=1S/C19H21N3S/c1-15-4-9-19(23-15)18-3-2-11-21(18)13-16-5-7-17(8-6-16)22-12-10-20-14-22/h4-10,12,14,18H,2-3,11,13H2,1H3. The van der Waals surface area contributed by atoms with Crippen LogP contribution in [0.5, 0.6) is 0 Å². The summed E-state index contributed by atoms with van der Waals surface area (Å²) in [6.45, 7) is 4.43. The van der Waals surface area contributed by atoms with E-state index in [0.29, 0.717) is 6.04 Å². The molecule has 23 heavy (non-hydrogen) atoms. The number of nitrogens with zero attached hydrogens (tertiary/aromatic N) is 3. The van der Waals surface area contributed by atoms with Gasteiger partial charge in [-0.15, -0.1) is 11.3 Å². The molecule has 1 unspecified atom stereocenters. The van der Waals surface area contributed by atoms with Crippen molar-refractivity contribution < 1.29 is 0 Å². The predicted molar refractivity (Wildman–Crippen MR) is 95.0 cm³/mol. The van der Waals surface area contributed by atoms with Crippen molar-refractivity contribution in [2.24, 2.45) is 0 Å². The summed E-state index contributed by atoms with van der Waals surface area (Å²) < 4.78 is 2.04. The lowest BCUT2D eigenvalue weighted by molar-refractivity contribution is 0.251. The summed E-state index contributed by atoms with van der Waals surface area (Å²) >= 11 is 1.95. The van der Waals surface area contributed by atoms with Crippen molar-refractivity contribution in [3.63, 3.8) is 0 Å². The Kier molecular flexibility index (Phi) is 4.02. The molecule has 1 aliphatic heterocycles. The molecule has 0 bridgehead atoms. The van der Waals surface area contributed by atoms with Crippen molar-refractivity contribution in [2.45, 2.75) is 32.4 Å². The summed E-state index contributed by atoms with van der Waals surface area (Å²) in [4.78, 5) is 9.66. The van der Waals surface area contributed by atoms with Crippen LogP contribution in [0.15, 0.2) is 55.1 Å². The van der Waals surface area contributed by atoms with Crippen molar-refractivity contribution in [3.05, 3.63) is 70.4 Å². The highest BCUT2D eigenvalue weighted by molar-refractivity contribution is 7.12. The van der Waals surface area contributed by atoms with Gasteiger partial charge in [-0.2, -0.15) is 0 Å². The highest BCUT2D eigenvalue weighted by atomic mass is 32.1. The molecule has 3 nitrogen and oxygen atoms in total. The number of hydrogen-bond donors (Lipinski definition) is 0. The number of rotatable bonds is 4. The maximum Gasteiger partial charge on any atom is 0.0991 e. The minimum Gasteiger partial charge on any atom is -0.306 e. The number of hydrogen-bond acceptors (Lipinski definition) is 3. The Bertz CT molecular complexity index is 758. The Morgan fingerprint density at radius 3 is 2.74 bits per heavy atom. The second-order valence-corrected chi connectivity index (χ2v) is 7.53. The monoisotopic (exact) mass is 323 g/mol. The molecule has 4 rings (SSSR count). The Balaban J connectivity index is 1.49. The van der Waals surface area contributed by atoms with Crippen molar-refractivity contribution in [2.75, 3.05) is 6.54 Å². The van der Waals surface area contributed by atoms with Crippen LogP contribution in [0.4, 0.5) is 0 Å². The Hall–Kier alpha value is -1.91. The molecule has 1 aromatic carbocycles. The van der Waals surface area contributed by atoms with Gasteiger partial charge in [-0.1, -0.05) is 12.1 Å². The van der Waals surface area contributed by atoms with E-state index in [2.05, 4.69) is 53.2 Å². The first-order chi connectivity index (χ1) is 11.3. The van der Waals surface area contributed by atoms with Crippen LogP contribution in [0.2, 0.25) is 0 Å². The summed E-state index contributed by atoms with van der Waals surface area (Å²) in [6, 6.07) is 14.0. The molecule has 0 amide bonds. The molecule has 1 fully saturated rings. The molecule has 0 N–H and O–H groups in total. The highest BCUT2D eigenvalue weighted by Gasteiger charge is 2.26. The van der Waals surface area contributed by atoms with E-state index in [0.717, 1.165) is 12.2 Å². The molecular formula is C19H21N3S. The summed E-state index contributed by atoms with van der Waals surface area (Å²) in [6.07, 6.45) is 8.21. The Morgan fingerprint density at radius 2 is 2.04 bits per heavy atom. The number of likely N-dealkylation sites (tertiary alicyclic amines) is 1. The quantitative estimate of drug-likeness (QED) is 0.701. The number of thiophene rings is 1. The predicted octanol–water partition coefficient (Wildman–Crippen LogP) is 4.58. The van der Waals surface area contributed by atoms with Gasteiger partial charge in [0.25, 0.3) is 0 Å². The fourth-order valence-corrected chi connectivity index (χ4v) is 4.44. The molecule has 0 spiro atoms. The van der Waals surface area contributed by atoms with E-state index >= 15 is 0 Å². The van der Waals surface area contributed by atoms with E-state index in [1.165, 1.54) is 34.7 Å².